The fourth-order valence-electron chi connectivity index (χ4n) is 3.47. The number of halogens is 1. The molecular formula is C20H21ClN2O4. The summed E-state index contributed by atoms with van der Waals surface area (Å²) >= 11 is 6.29. The van der Waals surface area contributed by atoms with E-state index in [0.717, 1.165) is 17.1 Å². The molecule has 6 nitrogen and oxygen atoms in total. The average Bonchev–Trinajstić information content (AvgIpc) is 3.12. The van der Waals surface area contributed by atoms with Gasteiger partial charge in [-0.15, -0.1) is 0 Å². The zero-order valence-electron chi connectivity index (χ0n) is 15.1. The Morgan fingerprint density at radius 2 is 1.93 bits per heavy atom. The summed E-state index contributed by atoms with van der Waals surface area (Å²) in [4.78, 5) is 14.8. The van der Waals surface area contributed by atoms with E-state index in [1.54, 1.807) is 11.3 Å². The molecule has 0 N–H and O–H groups in total. The van der Waals surface area contributed by atoms with E-state index >= 15 is 0 Å². The molecule has 0 spiro atoms. The molecule has 1 saturated heterocycles. The lowest BCUT2D eigenvalue weighted by molar-refractivity contribution is -0.162. The molecule has 0 aliphatic carbocycles. The molecule has 1 fully saturated rings. The maximum Gasteiger partial charge on any atom is 0.236 e. The van der Waals surface area contributed by atoms with Gasteiger partial charge in [-0.3, -0.25) is 9.69 Å². The molecule has 142 valence electrons. The lowest BCUT2D eigenvalue weighted by atomic mass is 10.0. The molecule has 7 heteroatoms. The normalized spacial score (nSPS) is 22.6. The van der Waals surface area contributed by atoms with Gasteiger partial charge < -0.3 is 14.2 Å². The largest absolute Gasteiger partial charge is 0.464 e. The summed E-state index contributed by atoms with van der Waals surface area (Å²) < 4.78 is 18.7. The SMILES string of the molecule is CC(=O)C1(Oc2ccccc2)CN(Cl)CCN1Cc1ccc2c(c1)OCO2. The molecule has 0 amide bonds. The van der Waals surface area contributed by atoms with Crippen molar-refractivity contribution >= 4 is 17.6 Å². The number of benzene rings is 2. The number of fused-ring (bicyclic) bond motifs is 1. The Labute approximate surface area is 163 Å². The number of ether oxygens (including phenoxy) is 3. The Balaban J connectivity index is 1.64. The van der Waals surface area contributed by atoms with Crippen LogP contribution in [0.2, 0.25) is 0 Å². The van der Waals surface area contributed by atoms with Crippen LogP contribution >= 0.6 is 11.8 Å². The fourth-order valence-corrected chi connectivity index (χ4v) is 3.71. The maximum absolute atomic E-state index is 12.8. The van der Waals surface area contributed by atoms with E-state index in [1.807, 2.05) is 53.4 Å². The van der Waals surface area contributed by atoms with Gasteiger partial charge in [0.05, 0.1) is 6.54 Å². The molecule has 2 aliphatic heterocycles. The van der Waals surface area contributed by atoms with E-state index in [-0.39, 0.29) is 19.1 Å². The molecule has 0 radical (unpaired) electrons. The van der Waals surface area contributed by atoms with Gasteiger partial charge in [-0.2, -0.15) is 0 Å². The number of rotatable bonds is 5. The van der Waals surface area contributed by atoms with Gasteiger partial charge in [0.2, 0.25) is 12.5 Å². The van der Waals surface area contributed by atoms with Crippen molar-refractivity contribution in [2.75, 3.05) is 26.4 Å². The predicted molar refractivity (Wildman–Crippen MR) is 101 cm³/mol. The number of hydrogen-bond donors (Lipinski definition) is 0. The molecule has 2 aromatic rings. The van der Waals surface area contributed by atoms with E-state index in [1.165, 1.54) is 0 Å². The molecule has 4 rings (SSSR count). The highest BCUT2D eigenvalue weighted by molar-refractivity contribution is 6.13. The summed E-state index contributed by atoms with van der Waals surface area (Å²) in [6, 6.07) is 15.2. The van der Waals surface area contributed by atoms with Crippen molar-refractivity contribution in [3.8, 4) is 17.2 Å². The second-order valence-corrected chi connectivity index (χ2v) is 7.19. The Kier molecular flexibility index (Phi) is 4.95. The van der Waals surface area contributed by atoms with Gasteiger partial charge in [-0.1, -0.05) is 24.3 Å². The molecule has 2 heterocycles. The van der Waals surface area contributed by atoms with E-state index in [9.17, 15) is 4.79 Å². The third-order valence-electron chi connectivity index (χ3n) is 4.90. The Morgan fingerprint density at radius 3 is 2.70 bits per heavy atom. The quantitative estimate of drug-likeness (QED) is 0.734. The second kappa shape index (κ2) is 7.38. The molecule has 0 aromatic heterocycles. The minimum Gasteiger partial charge on any atom is -0.464 e. The molecule has 1 unspecified atom stereocenters. The highest BCUT2D eigenvalue weighted by Crippen LogP contribution is 2.35. The van der Waals surface area contributed by atoms with Crippen molar-refractivity contribution in [2.24, 2.45) is 0 Å². The molecule has 2 aromatic carbocycles. The first kappa shape index (κ1) is 18.1. The minimum absolute atomic E-state index is 0.0857. The van der Waals surface area contributed by atoms with Crippen LogP contribution in [-0.4, -0.2) is 47.3 Å². The molecule has 1 atom stereocenters. The fraction of sp³-hybridized carbons (Fsp3) is 0.350. The van der Waals surface area contributed by atoms with Gasteiger partial charge in [0.25, 0.3) is 0 Å². The predicted octanol–water partition coefficient (Wildman–Crippen LogP) is 3.05. The van der Waals surface area contributed by atoms with E-state index in [0.29, 0.717) is 25.4 Å². The lowest BCUT2D eigenvalue weighted by Crippen LogP contribution is -2.67. The first-order valence-corrected chi connectivity index (χ1v) is 9.20. The number of carbonyl (C=O) groups excluding carboxylic acids is 1. The van der Waals surface area contributed by atoms with Crippen molar-refractivity contribution in [1.29, 1.82) is 0 Å². The summed E-state index contributed by atoms with van der Waals surface area (Å²) in [5.41, 5.74) is -0.137. The van der Waals surface area contributed by atoms with Crippen molar-refractivity contribution in [2.45, 2.75) is 19.2 Å². The molecule has 0 bridgehead atoms. The van der Waals surface area contributed by atoms with Crippen LogP contribution in [0.1, 0.15) is 12.5 Å². The zero-order valence-corrected chi connectivity index (χ0v) is 15.8. The summed E-state index contributed by atoms with van der Waals surface area (Å²) in [5, 5.41) is 0. The second-order valence-electron chi connectivity index (χ2n) is 6.71. The van der Waals surface area contributed by atoms with Crippen LogP contribution in [0, 0.1) is 0 Å². The number of para-hydroxylation sites is 1. The Hall–Kier alpha value is -2.28. The van der Waals surface area contributed by atoms with Crippen LogP contribution in [0.25, 0.3) is 0 Å². The van der Waals surface area contributed by atoms with Crippen LogP contribution in [0.15, 0.2) is 48.5 Å². The van der Waals surface area contributed by atoms with Gasteiger partial charge >= 0.3 is 0 Å². The van der Waals surface area contributed by atoms with Crippen LogP contribution in [-0.2, 0) is 11.3 Å². The topological polar surface area (TPSA) is 51.2 Å². The number of piperazine rings is 1. The van der Waals surface area contributed by atoms with Crippen molar-refractivity contribution < 1.29 is 19.0 Å². The number of carbonyl (C=O) groups is 1. The van der Waals surface area contributed by atoms with Gasteiger partial charge in [0, 0.05) is 26.6 Å². The first-order chi connectivity index (χ1) is 13.1. The standard InChI is InChI=1S/C20H21ClN2O4/c1-15(24)20(27-17-5-3-2-4-6-17)13-23(21)10-9-22(20)12-16-7-8-18-19(11-16)26-14-25-18/h2-8,11H,9-10,12-14H2,1H3. The van der Waals surface area contributed by atoms with Crippen LogP contribution in [0.3, 0.4) is 0 Å². The highest BCUT2D eigenvalue weighted by atomic mass is 35.5. The van der Waals surface area contributed by atoms with E-state index < -0.39 is 5.72 Å². The number of Topliss-reactive ketones (excluding diaryl/α,β-unsaturated/α-hetero) is 1. The van der Waals surface area contributed by atoms with Crippen LogP contribution in [0.5, 0.6) is 17.2 Å². The zero-order chi connectivity index (χ0) is 18.9. The molecule has 0 saturated carbocycles. The molecule has 2 aliphatic rings. The molecule has 27 heavy (non-hydrogen) atoms. The third-order valence-corrected chi connectivity index (χ3v) is 5.19. The summed E-state index contributed by atoms with van der Waals surface area (Å²) in [6.07, 6.45) is 0. The maximum atomic E-state index is 12.8. The van der Waals surface area contributed by atoms with E-state index in [2.05, 4.69) is 0 Å². The number of ketones is 1. The summed E-state index contributed by atoms with van der Waals surface area (Å²) in [5.74, 6) is 2.01. The van der Waals surface area contributed by atoms with Crippen LogP contribution in [0.4, 0.5) is 0 Å². The van der Waals surface area contributed by atoms with Crippen molar-refractivity contribution in [1.82, 2.24) is 9.32 Å². The molecular weight excluding hydrogens is 368 g/mol. The lowest BCUT2D eigenvalue weighted by Gasteiger charge is -2.47. The van der Waals surface area contributed by atoms with Crippen molar-refractivity contribution in [3.05, 3.63) is 54.1 Å². The Bertz CT molecular complexity index is 832. The smallest absolute Gasteiger partial charge is 0.236 e. The summed E-state index contributed by atoms with van der Waals surface area (Å²) in [6.45, 7) is 3.84. The van der Waals surface area contributed by atoms with Gasteiger partial charge in [-0.25, -0.2) is 4.42 Å². The monoisotopic (exact) mass is 388 g/mol. The van der Waals surface area contributed by atoms with Gasteiger partial charge in [0.1, 0.15) is 5.75 Å². The van der Waals surface area contributed by atoms with Crippen molar-refractivity contribution in [3.63, 3.8) is 0 Å². The van der Waals surface area contributed by atoms with Gasteiger partial charge in [0.15, 0.2) is 17.3 Å². The van der Waals surface area contributed by atoms with E-state index in [4.69, 9.17) is 26.0 Å². The minimum atomic E-state index is -1.16. The average molecular weight is 389 g/mol. The summed E-state index contributed by atoms with van der Waals surface area (Å²) in [7, 11) is 0. The van der Waals surface area contributed by atoms with Gasteiger partial charge in [-0.05, 0) is 41.6 Å². The Morgan fingerprint density at radius 1 is 1.15 bits per heavy atom. The number of hydrogen-bond acceptors (Lipinski definition) is 6. The third kappa shape index (κ3) is 3.60. The first-order valence-electron chi connectivity index (χ1n) is 8.86. The number of nitrogens with zero attached hydrogens (tertiary/aromatic N) is 2. The highest BCUT2D eigenvalue weighted by Gasteiger charge is 2.48. The van der Waals surface area contributed by atoms with Crippen LogP contribution < -0.4 is 14.2 Å².